The van der Waals surface area contributed by atoms with E-state index < -0.39 is 0 Å². The Hall–Kier alpha value is -2.93. The van der Waals surface area contributed by atoms with E-state index in [0.717, 1.165) is 24.1 Å². The highest BCUT2D eigenvalue weighted by Crippen LogP contribution is 2.29. The lowest BCUT2D eigenvalue weighted by Crippen LogP contribution is -2.43. The Bertz CT molecular complexity index is 1050. The first-order valence-corrected chi connectivity index (χ1v) is 11.4. The van der Waals surface area contributed by atoms with Gasteiger partial charge in [-0.3, -0.25) is 9.59 Å². The Labute approximate surface area is 186 Å². The van der Waals surface area contributed by atoms with Gasteiger partial charge in [0.1, 0.15) is 0 Å². The Balaban J connectivity index is 1.39. The van der Waals surface area contributed by atoms with E-state index in [1.54, 1.807) is 17.0 Å². The molecule has 2 aromatic heterocycles. The number of benzene rings is 1. The zero-order chi connectivity index (χ0) is 22.0. The lowest BCUT2D eigenvalue weighted by Gasteiger charge is -2.31. The van der Waals surface area contributed by atoms with E-state index in [1.807, 2.05) is 5.38 Å². The van der Waals surface area contributed by atoms with E-state index in [1.165, 1.54) is 23.2 Å². The fourth-order valence-electron chi connectivity index (χ4n) is 3.74. The topological polar surface area (TPSA) is 75.4 Å². The number of furan rings is 1. The number of carbonyl (C=O) groups is 2. The number of likely N-dealkylation sites (tertiary alicyclic amines) is 1. The molecule has 0 spiro atoms. The molecule has 3 aromatic rings. The Morgan fingerprint density at radius 3 is 2.65 bits per heavy atom. The highest BCUT2D eigenvalue weighted by molar-refractivity contribution is 7.14. The van der Waals surface area contributed by atoms with Gasteiger partial charge in [-0.1, -0.05) is 45.0 Å². The van der Waals surface area contributed by atoms with Crippen LogP contribution in [0.15, 0.2) is 52.5 Å². The monoisotopic (exact) mass is 437 g/mol. The minimum atomic E-state index is -0.258. The van der Waals surface area contributed by atoms with Crippen LogP contribution in [0.25, 0.3) is 11.3 Å². The third kappa shape index (κ3) is 4.88. The third-order valence-electron chi connectivity index (χ3n) is 5.59. The van der Waals surface area contributed by atoms with Crippen molar-refractivity contribution in [2.75, 3.05) is 18.4 Å². The van der Waals surface area contributed by atoms with Crippen molar-refractivity contribution in [3.05, 3.63) is 59.4 Å². The standard InChI is InChI=1S/C24H27N3O3S/c1-24(2,3)18-10-8-16(9-11-18)19-15-31-23(25-19)26-21(28)17-6-4-12-27(14-17)22(29)20-7-5-13-30-20/h5,7-11,13,15,17H,4,6,12,14H2,1-3H3,(H,25,26,28). The van der Waals surface area contributed by atoms with E-state index in [-0.39, 0.29) is 23.1 Å². The number of hydrogen-bond acceptors (Lipinski definition) is 5. The highest BCUT2D eigenvalue weighted by atomic mass is 32.1. The molecule has 1 aliphatic heterocycles. The number of hydrogen-bond donors (Lipinski definition) is 1. The van der Waals surface area contributed by atoms with Gasteiger partial charge in [0, 0.05) is 24.0 Å². The maximum atomic E-state index is 12.8. The molecule has 1 unspecified atom stereocenters. The van der Waals surface area contributed by atoms with Gasteiger partial charge in [0.15, 0.2) is 10.9 Å². The number of rotatable bonds is 4. The predicted octanol–water partition coefficient (Wildman–Crippen LogP) is 5.19. The fraction of sp³-hybridized carbons (Fsp3) is 0.375. The first kappa shape index (κ1) is 21.3. The second-order valence-electron chi connectivity index (χ2n) is 8.92. The molecule has 162 valence electrons. The number of piperidine rings is 1. The summed E-state index contributed by atoms with van der Waals surface area (Å²) >= 11 is 1.41. The highest BCUT2D eigenvalue weighted by Gasteiger charge is 2.30. The fourth-order valence-corrected chi connectivity index (χ4v) is 4.47. The van der Waals surface area contributed by atoms with Gasteiger partial charge in [-0.2, -0.15) is 0 Å². The normalized spacial score (nSPS) is 16.9. The van der Waals surface area contributed by atoms with E-state index >= 15 is 0 Å². The zero-order valence-corrected chi connectivity index (χ0v) is 18.9. The second-order valence-corrected chi connectivity index (χ2v) is 9.78. The smallest absolute Gasteiger partial charge is 0.289 e. The average molecular weight is 438 g/mol. The van der Waals surface area contributed by atoms with Crippen LogP contribution in [0.1, 0.15) is 49.7 Å². The van der Waals surface area contributed by atoms with Crippen molar-refractivity contribution in [3.63, 3.8) is 0 Å². The van der Waals surface area contributed by atoms with E-state index in [2.05, 4.69) is 55.3 Å². The largest absolute Gasteiger partial charge is 0.459 e. The number of carbonyl (C=O) groups excluding carboxylic acids is 2. The molecular weight excluding hydrogens is 410 g/mol. The Morgan fingerprint density at radius 1 is 1.19 bits per heavy atom. The van der Waals surface area contributed by atoms with Gasteiger partial charge in [0.2, 0.25) is 5.91 Å². The van der Waals surface area contributed by atoms with Crippen LogP contribution in [0.4, 0.5) is 5.13 Å². The van der Waals surface area contributed by atoms with Gasteiger partial charge in [-0.15, -0.1) is 11.3 Å². The van der Waals surface area contributed by atoms with E-state index in [9.17, 15) is 9.59 Å². The van der Waals surface area contributed by atoms with Gasteiger partial charge in [0.25, 0.3) is 5.91 Å². The molecule has 1 atom stereocenters. The average Bonchev–Trinajstić information content (AvgIpc) is 3.45. The summed E-state index contributed by atoms with van der Waals surface area (Å²) in [5.41, 5.74) is 3.24. The lowest BCUT2D eigenvalue weighted by atomic mass is 9.86. The van der Waals surface area contributed by atoms with Crippen LogP contribution in [0.5, 0.6) is 0 Å². The van der Waals surface area contributed by atoms with Crippen LogP contribution in [0.2, 0.25) is 0 Å². The Kier molecular flexibility index (Phi) is 5.96. The van der Waals surface area contributed by atoms with Crippen molar-refractivity contribution < 1.29 is 14.0 Å². The molecule has 0 saturated carbocycles. The van der Waals surface area contributed by atoms with Crippen molar-refractivity contribution in [2.45, 2.75) is 39.0 Å². The van der Waals surface area contributed by atoms with Crippen LogP contribution in [0, 0.1) is 5.92 Å². The van der Waals surface area contributed by atoms with Gasteiger partial charge in [0.05, 0.1) is 17.9 Å². The van der Waals surface area contributed by atoms with Crippen molar-refractivity contribution in [3.8, 4) is 11.3 Å². The van der Waals surface area contributed by atoms with Crippen molar-refractivity contribution in [2.24, 2.45) is 5.92 Å². The summed E-state index contributed by atoms with van der Waals surface area (Å²) < 4.78 is 5.21. The molecule has 0 bridgehead atoms. The van der Waals surface area contributed by atoms with Crippen LogP contribution in [0.3, 0.4) is 0 Å². The first-order chi connectivity index (χ1) is 14.8. The van der Waals surface area contributed by atoms with Crippen LogP contribution in [-0.2, 0) is 10.2 Å². The number of nitrogens with zero attached hydrogens (tertiary/aromatic N) is 2. The SMILES string of the molecule is CC(C)(C)c1ccc(-c2csc(NC(=O)C3CCCN(C(=O)c4ccco4)C3)n2)cc1. The second kappa shape index (κ2) is 8.67. The molecule has 1 aromatic carbocycles. The molecule has 1 saturated heterocycles. The first-order valence-electron chi connectivity index (χ1n) is 10.5. The summed E-state index contributed by atoms with van der Waals surface area (Å²) in [4.78, 5) is 31.6. The number of nitrogens with one attached hydrogen (secondary N) is 1. The van der Waals surface area contributed by atoms with E-state index in [4.69, 9.17) is 4.42 Å². The number of thiazole rings is 1. The van der Waals surface area contributed by atoms with Gasteiger partial charge in [-0.25, -0.2) is 4.98 Å². The third-order valence-corrected chi connectivity index (χ3v) is 6.35. The minimum Gasteiger partial charge on any atom is -0.459 e. The lowest BCUT2D eigenvalue weighted by molar-refractivity contribution is -0.121. The molecule has 1 aliphatic rings. The quantitative estimate of drug-likeness (QED) is 0.609. The van der Waals surface area contributed by atoms with E-state index in [0.29, 0.717) is 24.0 Å². The molecule has 0 radical (unpaired) electrons. The molecule has 1 fully saturated rings. The molecule has 1 N–H and O–H groups in total. The van der Waals surface area contributed by atoms with Crippen LogP contribution in [-0.4, -0.2) is 34.8 Å². The minimum absolute atomic E-state index is 0.0964. The molecule has 2 amide bonds. The molecule has 0 aliphatic carbocycles. The number of aromatic nitrogens is 1. The molecule has 7 heteroatoms. The summed E-state index contributed by atoms with van der Waals surface area (Å²) in [6.45, 7) is 7.58. The molecule has 31 heavy (non-hydrogen) atoms. The molecular formula is C24H27N3O3S. The molecule has 3 heterocycles. The van der Waals surface area contributed by atoms with Crippen LogP contribution >= 0.6 is 11.3 Å². The Morgan fingerprint density at radius 2 is 1.97 bits per heavy atom. The molecule has 4 rings (SSSR count). The maximum Gasteiger partial charge on any atom is 0.289 e. The summed E-state index contributed by atoms with van der Waals surface area (Å²) in [7, 11) is 0. The summed E-state index contributed by atoms with van der Waals surface area (Å²) in [6.07, 6.45) is 3.02. The van der Waals surface area contributed by atoms with Crippen molar-refractivity contribution >= 4 is 28.3 Å². The van der Waals surface area contributed by atoms with Crippen molar-refractivity contribution in [1.82, 2.24) is 9.88 Å². The number of amides is 2. The number of anilines is 1. The summed E-state index contributed by atoms with van der Waals surface area (Å²) in [5.74, 6) is -0.215. The zero-order valence-electron chi connectivity index (χ0n) is 18.1. The predicted molar refractivity (Wildman–Crippen MR) is 122 cm³/mol. The summed E-state index contributed by atoms with van der Waals surface area (Å²) in [6, 6.07) is 11.7. The van der Waals surface area contributed by atoms with Gasteiger partial charge in [-0.05, 0) is 36.0 Å². The molecule has 6 nitrogen and oxygen atoms in total. The van der Waals surface area contributed by atoms with Gasteiger partial charge >= 0.3 is 0 Å². The van der Waals surface area contributed by atoms with Crippen LogP contribution < -0.4 is 5.32 Å². The van der Waals surface area contributed by atoms with Gasteiger partial charge < -0.3 is 14.6 Å². The maximum absolute atomic E-state index is 12.8. The van der Waals surface area contributed by atoms with Crippen molar-refractivity contribution in [1.29, 1.82) is 0 Å². The summed E-state index contributed by atoms with van der Waals surface area (Å²) in [5, 5.41) is 5.47.